The first-order valence-corrected chi connectivity index (χ1v) is 2.51. The molecule has 0 radical (unpaired) electrons. The summed E-state index contributed by atoms with van der Waals surface area (Å²) in [5, 5.41) is 0. The van der Waals surface area contributed by atoms with Gasteiger partial charge in [0.2, 0.25) is 5.91 Å². The molecule has 0 aromatic rings. The average Bonchev–Trinajstić information content (AvgIpc) is 1.85. The molecule has 1 amide bonds. The van der Waals surface area contributed by atoms with Crippen molar-refractivity contribution >= 4 is 11.9 Å². The van der Waals surface area contributed by atoms with E-state index in [2.05, 4.69) is 17.0 Å². The van der Waals surface area contributed by atoms with Gasteiger partial charge in [-0.05, 0) is 0 Å². The number of hydrogen-bond donors (Lipinski definition) is 1. The number of methoxy groups -OCH3 is 1. The van der Waals surface area contributed by atoms with Gasteiger partial charge in [-0.3, -0.25) is 4.79 Å². The molecule has 0 aliphatic heterocycles. The summed E-state index contributed by atoms with van der Waals surface area (Å²) in [4.78, 5) is 19.1. The second kappa shape index (κ2) is 7.68. The summed E-state index contributed by atoms with van der Waals surface area (Å²) in [6.45, 7) is 4.46. The van der Waals surface area contributed by atoms with Crippen LogP contribution in [0.15, 0.2) is 12.7 Å². The highest BCUT2D eigenvalue weighted by atomic mass is 16.5. The second-order valence-corrected chi connectivity index (χ2v) is 1.34. The van der Waals surface area contributed by atoms with E-state index in [9.17, 15) is 9.59 Å². The maximum absolute atomic E-state index is 9.84. The molecule has 0 saturated heterocycles. The van der Waals surface area contributed by atoms with Gasteiger partial charge in [0.25, 0.3) is 0 Å². The maximum atomic E-state index is 9.84. The Bertz CT molecular complexity index is 127. The van der Waals surface area contributed by atoms with Gasteiger partial charge in [-0.1, -0.05) is 6.58 Å². The first-order valence-electron chi connectivity index (χ1n) is 2.51. The Labute approximate surface area is 59.7 Å². The number of esters is 1. The highest BCUT2D eigenvalue weighted by molar-refractivity contribution is 5.80. The van der Waals surface area contributed by atoms with Crippen LogP contribution >= 0.6 is 0 Å². The molecule has 2 N–H and O–H groups in total. The van der Waals surface area contributed by atoms with Gasteiger partial charge in [-0.25, -0.2) is 4.79 Å². The van der Waals surface area contributed by atoms with Crippen molar-refractivity contribution in [3.05, 3.63) is 12.7 Å². The van der Waals surface area contributed by atoms with E-state index in [0.717, 1.165) is 6.08 Å². The third-order valence-electron chi connectivity index (χ3n) is 0.368. The van der Waals surface area contributed by atoms with Crippen LogP contribution in [0.1, 0.15) is 6.92 Å². The fourth-order valence-corrected chi connectivity index (χ4v) is 0.0833. The van der Waals surface area contributed by atoms with E-state index < -0.39 is 5.97 Å². The van der Waals surface area contributed by atoms with Crippen LogP contribution in [0.4, 0.5) is 0 Å². The third-order valence-corrected chi connectivity index (χ3v) is 0.368. The summed E-state index contributed by atoms with van der Waals surface area (Å²) in [7, 11) is 1.31. The predicted octanol–water partition coefficient (Wildman–Crippen LogP) is -0.163. The van der Waals surface area contributed by atoms with Gasteiger partial charge in [0, 0.05) is 13.0 Å². The van der Waals surface area contributed by atoms with Crippen molar-refractivity contribution in [3.63, 3.8) is 0 Å². The lowest BCUT2D eigenvalue weighted by Gasteiger charge is -1.83. The molecular formula is C6H11NO3. The van der Waals surface area contributed by atoms with E-state index >= 15 is 0 Å². The largest absolute Gasteiger partial charge is 0.466 e. The Hall–Kier alpha value is -1.32. The Morgan fingerprint density at radius 1 is 1.60 bits per heavy atom. The predicted molar refractivity (Wildman–Crippen MR) is 37.1 cm³/mol. The highest BCUT2D eigenvalue weighted by Crippen LogP contribution is 1.67. The van der Waals surface area contributed by atoms with Crippen LogP contribution in [0.25, 0.3) is 0 Å². The summed E-state index contributed by atoms with van der Waals surface area (Å²) in [5.74, 6) is -0.727. The van der Waals surface area contributed by atoms with Crippen LogP contribution in [-0.4, -0.2) is 19.0 Å². The fraction of sp³-hybridized carbons (Fsp3) is 0.333. The van der Waals surface area contributed by atoms with Gasteiger partial charge in [-0.15, -0.1) is 0 Å². The van der Waals surface area contributed by atoms with Crippen LogP contribution in [-0.2, 0) is 14.3 Å². The number of amides is 1. The second-order valence-electron chi connectivity index (χ2n) is 1.34. The first kappa shape index (κ1) is 11.5. The minimum atomic E-state index is -0.394. The lowest BCUT2D eigenvalue weighted by molar-refractivity contribution is -0.134. The molecule has 10 heavy (non-hydrogen) atoms. The molecule has 0 fully saturated rings. The molecule has 0 aromatic carbocycles. The molecule has 0 aliphatic carbocycles. The molecule has 0 aromatic heterocycles. The molecule has 0 bridgehead atoms. The molecule has 0 rings (SSSR count). The van der Waals surface area contributed by atoms with Crippen molar-refractivity contribution in [3.8, 4) is 0 Å². The van der Waals surface area contributed by atoms with E-state index in [4.69, 9.17) is 0 Å². The van der Waals surface area contributed by atoms with Gasteiger partial charge < -0.3 is 10.5 Å². The number of hydrogen-bond acceptors (Lipinski definition) is 3. The topological polar surface area (TPSA) is 69.4 Å². The normalized spacial score (nSPS) is 6.60. The number of nitrogens with two attached hydrogens (primary N) is 1. The Balaban J connectivity index is 0. The molecule has 0 heterocycles. The van der Waals surface area contributed by atoms with Gasteiger partial charge in [0.15, 0.2) is 0 Å². The minimum Gasteiger partial charge on any atom is -0.466 e. The van der Waals surface area contributed by atoms with E-state index in [0.29, 0.717) is 0 Å². The van der Waals surface area contributed by atoms with E-state index in [1.54, 1.807) is 0 Å². The molecule has 0 aliphatic rings. The maximum Gasteiger partial charge on any atom is 0.329 e. The standard InChI is InChI=1S/C4H6O2.C2H5NO/c1-3-4(5)6-2;1-2(3)4/h3H,1H2,2H3;1H3,(H2,3,4). The highest BCUT2D eigenvalue weighted by Gasteiger charge is 1.81. The van der Waals surface area contributed by atoms with Crippen molar-refractivity contribution in [1.29, 1.82) is 0 Å². The Morgan fingerprint density at radius 3 is 1.90 bits per heavy atom. The molecule has 4 nitrogen and oxygen atoms in total. The number of carbonyl (C=O) groups excluding carboxylic acids is 2. The molecule has 4 heteroatoms. The van der Waals surface area contributed by atoms with E-state index in [1.165, 1.54) is 14.0 Å². The van der Waals surface area contributed by atoms with Crippen molar-refractivity contribution < 1.29 is 14.3 Å². The zero-order valence-corrected chi connectivity index (χ0v) is 6.09. The van der Waals surface area contributed by atoms with E-state index in [-0.39, 0.29) is 5.91 Å². The number of ether oxygens (including phenoxy) is 1. The smallest absolute Gasteiger partial charge is 0.329 e. The molecule has 0 atom stereocenters. The zero-order chi connectivity index (χ0) is 8.57. The van der Waals surface area contributed by atoms with E-state index in [1.807, 2.05) is 0 Å². The van der Waals surface area contributed by atoms with Crippen molar-refractivity contribution in [2.45, 2.75) is 6.92 Å². The van der Waals surface area contributed by atoms with Crippen molar-refractivity contribution in [2.24, 2.45) is 5.73 Å². The number of carbonyl (C=O) groups is 2. The van der Waals surface area contributed by atoms with Crippen LogP contribution < -0.4 is 5.73 Å². The summed E-state index contributed by atoms with van der Waals surface area (Å²) < 4.78 is 4.14. The molecule has 58 valence electrons. The quantitative estimate of drug-likeness (QED) is 0.411. The van der Waals surface area contributed by atoms with Gasteiger partial charge in [0.05, 0.1) is 7.11 Å². The summed E-state index contributed by atoms with van der Waals surface area (Å²) in [6.07, 6.45) is 1.11. The first-order chi connectivity index (χ1) is 4.54. The summed E-state index contributed by atoms with van der Waals surface area (Å²) >= 11 is 0. The zero-order valence-electron chi connectivity index (χ0n) is 6.09. The fourth-order valence-electron chi connectivity index (χ4n) is 0.0833. The van der Waals surface area contributed by atoms with Crippen LogP contribution in [0.5, 0.6) is 0 Å². The van der Waals surface area contributed by atoms with Crippen molar-refractivity contribution in [2.75, 3.05) is 7.11 Å². The lowest BCUT2D eigenvalue weighted by Crippen LogP contribution is -2.01. The number of rotatable bonds is 1. The van der Waals surface area contributed by atoms with Gasteiger partial charge in [0.1, 0.15) is 0 Å². The third kappa shape index (κ3) is 30.0. The van der Waals surface area contributed by atoms with Gasteiger partial charge in [-0.2, -0.15) is 0 Å². The Morgan fingerprint density at radius 2 is 1.90 bits per heavy atom. The van der Waals surface area contributed by atoms with Crippen LogP contribution in [0, 0.1) is 0 Å². The minimum absolute atomic E-state index is 0.333. The van der Waals surface area contributed by atoms with Crippen LogP contribution in [0.3, 0.4) is 0 Å². The van der Waals surface area contributed by atoms with Crippen molar-refractivity contribution in [1.82, 2.24) is 0 Å². The summed E-state index contributed by atoms with van der Waals surface area (Å²) in [6, 6.07) is 0. The lowest BCUT2D eigenvalue weighted by atomic mass is 10.7. The summed E-state index contributed by atoms with van der Waals surface area (Å²) in [5.41, 5.74) is 4.47. The van der Waals surface area contributed by atoms with Gasteiger partial charge >= 0.3 is 5.97 Å². The Kier molecular flexibility index (Phi) is 8.81. The molecule has 0 spiro atoms. The SMILES string of the molecule is C=CC(=O)OC.CC(N)=O. The number of primary amides is 1. The molecule has 0 saturated carbocycles. The average molecular weight is 145 g/mol. The monoisotopic (exact) mass is 145 g/mol. The molecular weight excluding hydrogens is 134 g/mol. The van der Waals surface area contributed by atoms with Crippen LogP contribution in [0.2, 0.25) is 0 Å². The molecule has 0 unspecified atom stereocenters.